The third-order valence-electron chi connectivity index (χ3n) is 4.49. The largest absolute Gasteiger partial charge is 0.483 e. The number of ether oxygens (including phenoxy) is 2. The lowest BCUT2D eigenvalue weighted by Crippen LogP contribution is -2.27. The van der Waals surface area contributed by atoms with E-state index in [9.17, 15) is 22.8 Å². The van der Waals surface area contributed by atoms with Crippen LogP contribution in [0.25, 0.3) is 0 Å². The molecule has 3 rings (SSSR count). The summed E-state index contributed by atoms with van der Waals surface area (Å²) in [6.45, 7) is -3.01. The number of hydrogen-bond donors (Lipinski definition) is 2. The summed E-state index contributed by atoms with van der Waals surface area (Å²) in [5.74, 6) is -1.29. The van der Waals surface area contributed by atoms with Gasteiger partial charge < -0.3 is 20.1 Å². The predicted molar refractivity (Wildman–Crippen MR) is 116 cm³/mol. The second-order valence-corrected chi connectivity index (χ2v) is 6.84. The van der Waals surface area contributed by atoms with Crippen LogP contribution in [0.5, 0.6) is 11.5 Å². The van der Waals surface area contributed by atoms with Crippen LogP contribution in [-0.4, -0.2) is 31.6 Å². The second-order valence-electron chi connectivity index (χ2n) is 6.84. The molecule has 3 aromatic rings. The SMILES string of the molecule is O=C(COc1ccccc1C(=O)NCCc1ccc(OC(F)F)cc1)Nc1ccccc1F. The fourth-order valence-corrected chi connectivity index (χ4v) is 2.93. The Hall–Kier alpha value is -4.01. The summed E-state index contributed by atoms with van der Waals surface area (Å²) in [5.41, 5.74) is 1.09. The predicted octanol–water partition coefficient (Wildman–Crippen LogP) is 4.42. The van der Waals surface area contributed by atoms with Gasteiger partial charge in [0.25, 0.3) is 11.8 Å². The third-order valence-corrected chi connectivity index (χ3v) is 4.49. The van der Waals surface area contributed by atoms with Gasteiger partial charge in [0.15, 0.2) is 6.61 Å². The molecule has 0 atom stereocenters. The molecular weight excluding hydrogens is 437 g/mol. The smallest absolute Gasteiger partial charge is 0.387 e. The lowest BCUT2D eigenvalue weighted by atomic mass is 10.1. The van der Waals surface area contributed by atoms with Gasteiger partial charge in [-0.25, -0.2) is 4.39 Å². The van der Waals surface area contributed by atoms with Gasteiger partial charge in [0.1, 0.15) is 17.3 Å². The van der Waals surface area contributed by atoms with Crippen molar-refractivity contribution in [3.8, 4) is 11.5 Å². The summed E-state index contributed by atoms with van der Waals surface area (Å²) >= 11 is 0. The first-order valence-corrected chi connectivity index (χ1v) is 10.0. The molecule has 0 spiro atoms. The molecule has 2 N–H and O–H groups in total. The van der Waals surface area contributed by atoms with Crippen molar-refractivity contribution in [2.75, 3.05) is 18.5 Å². The molecule has 0 aromatic heterocycles. The van der Waals surface area contributed by atoms with Crippen molar-refractivity contribution in [3.63, 3.8) is 0 Å². The Morgan fingerprint density at radius 2 is 1.61 bits per heavy atom. The van der Waals surface area contributed by atoms with Gasteiger partial charge in [-0.1, -0.05) is 36.4 Å². The molecule has 6 nitrogen and oxygen atoms in total. The number of carbonyl (C=O) groups excluding carboxylic acids is 2. The van der Waals surface area contributed by atoms with Crippen molar-refractivity contribution in [1.29, 1.82) is 0 Å². The minimum absolute atomic E-state index is 0.0333. The van der Waals surface area contributed by atoms with Crippen LogP contribution in [0, 0.1) is 5.82 Å². The molecule has 0 saturated heterocycles. The average Bonchev–Trinajstić information content (AvgIpc) is 2.80. The van der Waals surface area contributed by atoms with Gasteiger partial charge in [-0.2, -0.15) is 8.78 Å². The van der Waals surface area contributed by atoms with E-state index in [0.29, 0.717) is 6.42 Å². The maximum Gasteiger partial charge on any atom is 0.387 e. The molecule has 0 fully saturated rings. The van der Waals surface area contributed by atoms with E-state index in [1.54, 1.807) is 42.5 Å². The molecule has 0 bridgehead atoms. The Morgan fingerprint density at radius 3 is 2.33 bits per heavy atom. The van der Waals surface area contributed by atoms with Crippen LogP contribution in [0.4, 0.5) is 18.9 Å². The van der Waals surface area contributed by atoms with Crippen LogP contribution in [0.1, 0.15) is 15.9 Å². The van der Waals surface area contributed by atoms with E-state index in [4.69, 9.17) is 4.74 Å². The molecule has 3 aromatic carbocycles. The summed E-state index contributed by atoms with van der Waals surface area (Å²) < 4.78 is 47.8. The molecular formula is C24H21F3N2O4. The number of amides is 2. The van der Waals surface area contributed by atoms with Crippen LogP contribution < -0.4 is 20.1 Å². The van der Waals surface area contributed by atoms with Gasteiger partial charge in [-0.15, -0.1) is 0 Å². The number of anilines is 1. The van der Waals surface area contributed by atoms with Gasteiger partial charge in [-0.3, -0.25) is 9.59 Å². The second kappa shape index (κ2) is 11.6. The van der Waals surface area contributed by atoms with Gasteiger partial charge in [0.2, 0.25) is 0 Å². The number of rotatable bonds is 10. The zero-order valence-electron chi connectivity index (χ0n) is 17.4. The third kappa shape index (κ3) is 7.27. The highest BCUT2D eigenvalue weighted by molar-refractivity contribution is 5.97. The Labute approximate surface area is 188 Å². The van der Waals surface area contributed by atoms with Gasteiger partial charge >= 0.3 is 6.61 Å². The van der Waals surface area contributed by atoms with Crippen molar-refractivity contribution in [2.24, 2.45) is 0 Å². The number of halogens is 3. The summed E-state index contributed by atoms with van der Waals surface area (Å²) in [4.78, 5) is 24.6. The number of benzene rings is 3. The van der Waals surface area contributed by atoms with Crippen molar-refractivity contribution in [2.45, 2.75) is 13.0 Å². The molecule has 0 aliphatic rings. The lowest BCUT2D eigenvalue weighted by molar-refractivity contribution is -0.118. The monoisotopic (exact) mass is 458 g/mol. The maximum atomic E-state index is 13.6. The lowest BCUT2D eigenvalue weighted by Gasteiger charge is -2.12. The maximum absolute atomic E-state index is 13.6. The van der Waals surface area contributed by atoms with Crippen LogP contribution in [0.15, 0.2) is 72.8 Å². The van der Waals surface area contributed by atoms with E-state index in [2.05, 4.69) is 15.4 Å². The quantitative estimate of drug-likeness (QED) is 0.472. The Morgan fingerprint density at radius 1 is 0.909 bits per heavy atom. The molecule has 0 aliphatic heterocycles. The molecule has 172 valence electrons. The fourth-order valence-electron chi connectivity index (χ4n) is 2.93. The highest BCUT2D eigenvalue weighted by Gasteiger charge is 2.14. The van der Waals surface area contributed by atoms with E-state index < -0.39 is 30.8 Å². The first-order valence-electron chi connectivity index (χ1n) is 10.0. The number of alkyl halides is 2. The molecule has 0 heterocycles. The van der Waals surface area contributed by atoms with Crippen molar-refractivity contribution < 1.29 is 32.2 Å². The Balaban J connectivity index is 1.51. The van der Waals surface area contributed by atoms with Gasteiger partial charge in [-0.05, 0) is 48.4 Å². The Bertz CT molecular complexity index is 1090. The van der Waals surface area contributed by atoms with Crippen molar-refractivity contribution in [3.05, 3.63) is 89.7 Å². The molecule has 0 unspecified atom stereocenters. The molecule has 9 heteroatoms. The molecule has 2 amide bonds. The number of para-hydroxylation sites is 2. The van der Waals surface area contributed by atoms with Crippen LogP contribution >= 0.6 is 0 Å². The highest BCUT2D eigenvalue weighted by Crippen LogP contribution is 2.19. The topological polar surface area (TPSA) is 76.7 Å². The summed E-state index contributed by atoms with van der Waals surface area (Å²) in [6, 6.07) is 18.3. The summed E-state index contributed by atoms with van der Waals surface area (Å²) in [7, 11) is 0. The minimum Gasteiger partial charge on any atom is -0.483 e. The normalized spacial score (nSPS) is 10.5. The molecule has 0 aliphatic carbocycles. The highest BCUT2D eigenvalue weighted by atomic mass is 19.3. The molecule has 0 radical (unpaired) electrons. The van der Waals surface area contributed by atoms with E-state index in [1.165, 1.54) is 30.3 Å². The van der Waals surface area contributed by atoms with E-state index >= 15 is 0 Å². The molecule has 33 heavy (non-hydrogen) atoms. The zero-order chi connectivity index (χ0) is 23.6. The fraction of sp³-hybridized carbons (Fsp3) is 0.167. The first-order chi connectivity index (χ1) is 15.9. The van der Waals surface area contributed by atoms with Crippen molar-refractivity contribution in [1.82, 2.24) is 5.32 Å². The summed E-state index contributed by atoms with van der Waals surface area (Å²) in [5, 5.41) is 5.16. The number of hydrogen-bond acceptors (Lipinski definition) is 4. The zero-order valence-corrected chi connectivity index (χ0v) is 17.4. The van der Waals surface area contributed by atoms with E-state index in [0.717, 1.165) is 5.56 Å². The van der Waals surface area contributed by atoms with Crippen LogP contribution in [-0.2, 0) is 11.2 Å². The standard InChI is InChI=1S/C24H21F3N2O4/c25-19-6-2-3-7-20(19)29-22(30)15-32-21-8-4-1-5-18(21)23(31)28-14-13-16-9-11-17(12-10-16)33-24(26)27/h1-12,24H,13-15H2,(H,28,31)(H,29,30). The number of carbonyl (C=O) groups is 2. The van der Waals surface area contributed by atoms with Crippen LogP contribution in [0.3, 0.4) is 0 Å². The van der Waals surface area contributed by atoms with Crippen LogP contribution in [0.2, 0.25) is 0 Å². The minimum atomic E-state index is -2.89. The average molecular weight is 458 g/mol. The van der Waals surface area contributed by atoms with Gasteiger partial charge in [0.05, 0.1) is 11.3 Å². The first kappa shape index (κ1) is 23.6. The molecule has 0 saturated carbocycles. The summed E-state index contributed by atoms with van der Waals surface area (Å²) in [6.07, 6.45) is 0.467. The van der Waals surface area contributed by atoms with Gasteiger partial charge in [0, 0.05) is 6.54 Å². The Kier molecular flexibility index (Phi) is 8.29. The van der Waals surface area contributed by atoms with Crippen molar-refractivity contribution >= 4 is 17.5 Å². The number of nitrogens with one attached hydrogen (secondary N) is 2. The van der Waals surface area contributed by atoms with E-state index in [-0.39, 0.29) is 29.3 Å². The van der Waals surface area contributed by atoms with E-state index in [1.807, 2.05) is 0 Å².